The number of ether oxygens (including phenoxy) is 3. The Labute approximate surface area is 137 Å². The highest BCUT2D eigenvalue weighted by molar-refractivity contribution is 6.01. The maximum atomic E-state index is 12.6. The first-order chi connectivity index (χ1) is 11.0. The van der Waals surface area contributed by atoms with E-state index >= 15 is 0 Å². The number of carbonyl (C=O) groups excluding carboxylic acids is 1. The number of rotatable bonds is 8. The molecule has 1 fully saturated rings. The van der Waals surface area contributed by atoms with Crippen LogP contribution in [0.2, 0.25) is 0 Å². The van der Waals surface area contributed by atoms with Crippen LogP contribution in [0.3, 0.4) is 0 Å². The number of hydrogen-bond donors (Lipinski definition) is 0. The number of likely N-dealkylation sites (tertiary alicyclic amines) is 1. The van der Waals surface area contributed by atoms with Gasteiger partial charge in [0.25, 0.3) is 0 Å². The quantitative estimate of drug-likeness (QED) is 0.418. The fourth-order valence-electron chi connectivity index (χ4n) is 3.07. The van der Waals surface area contributed by atoms with Crippen molar-refractivity contribution < 1.29 is 23.7 Å². The van der Waals surface area contributed by atoms with Gasteiger partial charge in [-0.1, -0.05) is 0 Å². The molecule has 1 heterocycles. The Kier molecular flexibility index (Phi) is 5.85. The lowest BCUT2D eigenvalue weighted by molar-refractivity contribution is -0.868. The van der Waals surface area contributed by atoms with Crippen molar-refractivity contribution in [1.82, 2.24) is 0 Å². The molecule has 0 atom stereocenters. The van der Waals surface area contributed by atoms with Crippen LogP contribution in [0.25, 0.3) is 0 Å². The molecular weight excluding hydrogens is 298 g/mol. The Morgan fingerprint density at radius 2 is 1.65 bits per heavy atom. The number of nitrogens with zero attached hydrogens (tertiary/aromatic N) is 1. The highest BCUT2D eigenvalue weighted by Crippen LogP contribution is 2.35. The minimum absolute atomic E-state index is 0.0767. The standard InChI is InChI=1S/C17H25NO5/c1-21-13-11-15(22-2)17(16(12-13)23-3)14(19)7-6-10-18(20)8-4-5-9-18/h11-12H,4-10H2,1-3H3. The first-order valence-electron chi connectivity index (χ1n) is 7.93. The predicted octanol–water partition coefficient (Wildman–Crippen LogP) is 2.78. The third-order valence-corrected chi connectivity index (χ3v) is 4.34. The largest absolute Gasteiger partial charge is 0.633 e. The summed E-state index contributed by atoms with van der Waals surface area (Å²) in [6.45, 7) is 1.83. The Balaban J connectivity index is 2.08. The van der Waals surface area contributed by atoms with Crippen LogP contribution < -0.4 is 14.2 Å². The minimum atomic E-state index is -0.163. The molecule has 6 heteroatoms. The highest BCUT2D eigenvalue weighted by atomic mass is 16.5. The van der Waals surface area contributed by atoms with Gasteiger partial charge in [0.15, 0.2) is 5.78 Å². The van der Waals surface area contributed by atoms with Crippen LogP contribution in [0.15, 0.2) is 12.1 Å². The van der Waals surface area contributed by atoms with Crippen molar-refractivity contribution in [3.05, 3.63) is 22.9 Å². The van der Waals surface area contributed by atoms with E-state index in [4.69, 9.17) is 14.2 Å². The first-order valence-corrected chi connectivity index (χ1v) is 7.93. The van der Waals surface area contributed by atoms with Gasteiger partial charge < -0.3 is 24.1 Å². The minimum Gasteiger partial charge on any atom is -0.633 e. The Bertz CT molecular complexity index is 527. The third-order valence-electron chi connectivity index (χ3n) is 4.34. The molecule has 2 rings (SSSR count). The molecule has 0 amide bonds. The van der Waals surface area contributed by atoms with E-state index < -0.39 is 0 Å². The van der Waals surface area contributed by atoms with E-state index in [1.165, 1.54) is 14.2 Å². The molecule has 0 spiro atoms. The van der Waals surface area contributed by atoms with E-state index in [0.717, 1.165) is 12.8 Å². The molecule has 0 aliphatic carbocycles. The lowest BCUT2D eigenvalue weighted by Crippen LogP contribution is -2.39. The fraction of sp³-hybridized carbons (Fsp3) is 0.588. The number of Topliss-reactive ketones (excluding diaryl/α,β-unsaturated/α-hetero) is 1. The maximum absolute atomic E-state index is 12.6. The maximum Gasteiger partial charge on any atom is 0.170 e. The van der Waals surface area contributed by atoms with Gasteiger partial charge in [0.05, 0.1) is 41.0 Å². The number of ketones is 1. The van der Waals surface area contributed by atoms with Crippen molar-refractivity contribution in [2.45, 2.75) is 25.7 Å². The Morgan fingerprint density at radius 1 is 1.09 bits per heavy atom. The van der Waals surface area contributed by atoms with Crippen LogP contribution in [0.5, 0.6) is 17.2 Å². The summed E-state index contributed by atoms with van der Waals surface area (Å²) in [4.78, 5) is 12.6. The molecule has 0 bridgehead atoms. The smallest absolute Gasteiger partial charge is 0.170 e. The summed E-state index contributed by atoms with van der Waals surface area (Å²) < 4.78 is 15.6. The van der Waals surface area contributed by atoms with Crippen molar-refractivity contribution in [2.75, 3.05) is 41.0 Å². The van der Waals surface area contributed by atoms with Gasteiger partial charge in [-0.15, -0.1) is 0 Å². The van der Waals surface area contributed by atoms with Gasteiger partial charge in [-0.3, -0.25) is 4.79 Å². The predicted molar refractivity (Wildman–Crippen MR) is 87.1 cm³/mol. The average molecular weight is 323 g/mol. The molecular formula is C17H25NO5. The van der Waals surface area contributed by atoms with Crippen LogP contribution >= 0.6 is 0 Å². The lowest BCUT2D eigenvalue weighted by atomic mass is 10.0. The van der Waals surface area contributed by atoms with Crippen LogP contribution in [0, 0.1) is 5.21 Å². The topological polar surface area (TPSA) is 67.8 Å². The van der Waals surface area contributed by atoms with Crippen LogP contribution in [0.1, 0.15) is 36.0 Å². The molecule has 128 valence electrons. The summed E-state index contributed by atoms with van der Waals surface area (Å²) in [6.07, 6.45) is 2.84. The molecule has 1 aliphatic heterocycles. The average Bonchev–Trinajstić information content (AvgIpc) is 2.99. The van der Waals surface area contributed by atoms with Gasteiger partial charge in [0, 0.05) is 37.8 Å². The molecule has 1 saturated heterocycles. The van der Waals surface area contributed by atoms with Crippen LogP contribution in [-0.4, -0.2) is 51.4 Å². The number of hydroxylamine groups is 3. The van der Waals surface area contributed by atoms with Crippen LogP contribution in [0.4, 0.5) is 0 Å². The molecule has 0 radical (unpaired) electrons. The molecule has 0 N–H and O–H groups in total. The van der Waals surface area contributed by atoms with E-state index in [9.17, 15) is 10.0 Å². The Hall–Kier alpha value is -1.79. The first kappa shape index (κ1) is 17.6. The summed E-state index contributed by atoms with van der Waals surface area (Å²) >= 11 is 0. The molecule has 23 heavy (non-hydrogen) atoms. The monoisotopic (exact) mass is 323 g/mol. The van der Waals surface area contributed by atoms with Crippen molar-refractivity contribution in [3.63, 3.8) is 0 Å². The SMILES string of the molecule is COc1cc(OC)c(C(=O)CCC[N+]2([O-])CCCC2)c(OC)c1. The highest BCUT2D eigenvalue weighted by Gasteiger charge is 2.24. The zero-order valence-corrected chi connectivity index (χ0v) is 14.1. The summed E-state index contributed by atoms with van der Waals surface area (Å²) in [5.74, 6) is 1.35. The summed E-state index contributed by atoms with van der Waals surface area (Å²) in [5, 5.41) is 12.3. The molecule has 6 nitrogen and oxygen atoms in total. The number of hydrogen-bond acceptors (Lipinski definition) is 5. The van der Waals surface area contributed by atoms with Gasteiger partial charge in [-0.2, -0.15) is 0 Å². The Morgan fingerprint density at radius 3 is 2.13 bits per heavy atom. The second-order valence-electron chi connectivity index (χ2n) is 5.87. The summed E-state index contributed by atoms with van der Waals surface area (Å²) in [7, 11) is 4.56. The van der Waals surface area contributed by atoms with Crippen molar-refractivity contribution in [3.8, 4) is 17.2 Å². The van der Waals surface area contributed by atoms with Gasteiger partial charge >= 0.3 is 0 Å². The van der Waals surface area contributed by atoms with E-state index in [2.05, 4.69) is 0 Å². The van der Waals surface area contributed by atoms with E-state index in [1.807, 2.05) is 0 Å². The molecule has 0 saturated carbocycles. The summed E-state index contributed by atoms with van der Waals surface area (Å²) in [5.41, 5.74) is 0.412. The summed E-state index contributed by atoms with van der Waals surface area (Å²) in [6, 6.07) is 3.33. The normalized spacial score (nSPS) is 16.2. The molecule has 1 aromatic carbocycles. The van der Waals surface area contributed by atoms with Crippen molar-refractivity contribution in [1.29, 1.82) is 0 Å². The lowest BCUT2D eigenvalue weighted by Gasteiger charge is -2.38. The second-order valence-corrected chi connectivity index (χ2v) is 5.87. The van der Waals surface area contributed by atoms with Gasteiger partial charge in [0.2, 0.25) is 0 Å². The van der Waals surface area contributed by atoms with E-state index in [-0.39, 0.29) is 10.4 Å². The van der Waals surface area contributed by atoms with Crippen LogP contribution in [-0.2, 0) is 0 Å². The third kappa shape index (κ3) is 4.14. The number of benzene rings is 1. The number of carbonyl (C=O) groups is 1. The fourth-order valence-corrected chi connectivity index (χ4v) is 3.07. The number of methoxy groups -OCH3 is 3. The molecule has 0 aromatic heterocycles. The molecule has 0 unspecified atom stereocenters. The second kappa shape index (κ2) is 7.66. The van der Waals surface area contributed by atoms with Gasteiger partial charge in [-0.05, 0) is 0 Å². The van der Waals surface area contributed by atoms with E-state index in [1.54, 1.807) is 19.2 Å². The number of quaternary nitrogens is 1. The molecule has 1 aliphatic rings. The van der Waals surface area contributed by atoms with Gasteiger partial charge in [0.1, 0.15) is 22.8 Å². The zero-order valence-electron chi connectivity index (χ0n) is 14.1. The molecule has 1 aromatic rings. The van der Waals surface area contributed by atoms with Crippen molar-refractivity contribution in [2.24, 2.45) is 0 Å². The zero-order chi connectivity index (χ0) is 16.9. The van der Waals surface area contributed by atoms with E-state index in [0.29, 0.717) is 55.3 Å². The van der Waals surface area contributed by atoms with Gasteiger partial charge in [-0.25, -0.2) is 0 Å². The van der Waals surface area contributed by atoms with Crippen molar-refractivity contribution >= 4 is 5.78 Å².